The molecule has 0 rings (SSSR count). The molecule has 0 aliphatic carbocycles. The SMILES string of the molecule is [13CH3][13CH]([13CH3])Br. The molecule has 0 saturated carbocycles. The minimum absolute atomic E-state index is 0.646. The summed E-state index contributed by atoms with van der Waals surface area (Å²) < 4.78 is 0. The standard InChI is InChI=1S/C3H7Br/c1-3(2)4/h3H,1-2H3/i1+1,2+1,3+1. The predicted molar refractivity (Wildman–Crippen MR) is 24.1 cm³/mol. The first-order chi connectivity index (χ1) is 1.73. The molecule has 0 saturated heterocycles. The summed E-state index contributed by atoms with van der Waals surface area (Å²) in [6.07, 6.45) is 0. The van der Waals surface area contributed by atoms with Gasteiger partial charge in [-0.15, -0.1) is 0 Å². The van der Waals surface area contributed by atoms with Gasteiger partial charge in [0.2, 0.25) is 0 Å². The zero-order valence-corrected chi connectivity index (χ0v) is 4.54. The van der Waals surface area contributed by atoms with Gasteiger partial charge in [-0.3, -0.25) is 0 Å². The Morgan fingerprint density at radius 2 is 1.50 bits per heavy atom. The van der Waals surface area contributed by atoms with Gasteiger partial charge in [-0.05, 0) is 0 Å². The van der Waals surface area contributed by atoms with Gasteiger partial charge in [-0.2, -0.15) is 0 Å². The lowest BCUT2D eigenvalue weighted by molar-refractivity contribution is 1.14. The Balaban J connectivity index is 2.32. The van der Waals surface area contributed by atoms with Crippen molar-refractivity contribution in [1.29, 1.82) is 0 Å². The van der Waals surface area contributed by atoms with E-state index >= 15 is 0 Å². The van der Waals surface area contributed by atoms with Crippen molar-refractivity contribution in [2.45, 2.75) is 18.7 Å². The fourth-order valence-electron chi connectivity index (χ4n) is 0. The number of alkyl halides is 1. The average molecular weight is 126 g/mol. The van der Waals surface area contributed by atoms with Crippen LogP contribution in [0.2, 0.25) is 0 Å². The molecule has 0 unspecified atom stereocenters. The lowest BCUT2D eigenvalue weighted by Crippen LogP contribution is -1.69. The molecule has 0 aliphatic heterocycles. The predicted octanol–water partition coefficient (Wildman–Crippen LogP) is 1.79. The fourth-order valence-corrected chi connectivity index (χ4v) is 0. The fraction of sp³-hybridized carbons (Fsp3) is 1.00. The van der Waals surface area contributed by atoms with Gasteiger partial charge in [-0.25, -0.2) is 0 Å². The van der Waals surface area contributed by atoms with Crippen LogP contribution in [0.1, 0.15) is 13.8 Å². The summed E-state index contributed by atoms with van der Waals surface area (Å²) in [7, 11) is 0. The van der Waals surface area contributed by atoms with Crippen molar-refractivity contribution in [3.63, 3.8) is 0 Å². The van der Waals surface area contributed by atoms with Crippen LogP contribution < -0.4 is 0 Å². The van der Waals surface area contributed by atoms with Gasteiger partial charge in [0.1, 0.15) is 0 Å². The van der Waals surface area contributed by atoms with Crippen LogP contribution >= 0.6 is 15.9 Å². The van der Waals surface area contributed by atoms with E-state index < -0.39 is 0 Å². The highest BCUT2D eigenvalue weighted by Gasteiger charge is 1.71. The maximum absolute atomic E-state index is 3.27. The van der Waals surface area contributed by atoms with E-state index in [1.807, 2.05) is 0 Å². The minimum atomic E-state index is 0.646. The molecule has 0 nitrogen and oxygen atoms in total. The summed E-state index contributed by atoms with van der Waals surface area (Å²) in [6.45, 7) is 4.17. The summed E-state index contributed by atoms with van der Waals surface area (Å²) in [4.78, 5) is 0.646. The summed E-state index contributed by atoms with van der Waals surface area (Å²) >= 11 is 3.27. The zero-order valence-electron chi connectivity index (χ0n) is 2.96. The largest absolute Gasteiger partial charge is 0.0897 e. The second-order valence-electron chi connectivity index (χ2n) is 1.01. The number of hydrogen-bond acceptors (Lipinski definition) is 0. The summed E-state index contributed by atoms with van der Waals surface area (Å²) in [5, 5.41) is 0. The van der Waals surface area contributed by atoms with Crippen LogP contribution in [0, 0.1) is 0 Å². The Kier molecular flexibility index (Phi) is 1.98. The quantitative estimate of drug-likeness (QED) is 0.342. The molecule has 0 aromatic carbocycles. The second-order valence-corrected chi connectivity index (χ2v) is 2.85. The molecule has 26 valence electrons. The van der Waals surface area contributed by atoms with E-state index in [4.69, 9.17) is 0 Å². The molecule has 0 radical (unpaired) electrons. The van der Waals surface area contributed by atoms with Crippen LogP contribution in [0.4, 0.5) is 0 Å². The first kappa shape index (κ1) is 4.48. The van der Waals surface area contributed by atoms with Crippen molar-refractivity contribution in [3.8, 4) is 0 Å². The van der Waals surface area contributed by atoms with Crippen LogP contribution in [0.3, 0.4) is 0 Å². The molecule has 0 heterocycles. The summed E-state index contributed by atoms with van der Waals surface area (Å²) in [5.74, 6) is 0. The Hall–Kier alpha value is 0.480. The molecule has 4 heavy (non-hydrogen) atoms. The molecule has 0 fully saturated rings. The lowest BCUT2D eigenvalue weighted by atomic mass is 11.6. The topological polar surface area (TPSA) is 0 Å². The molecule has 0 N–H and O–H groups in total. The van der Waals surface area contributed by atoms with E-state index in [0.29, 0.717) is 4.83 Å². The first-order valence-electron chi connectivity index (χ1n) is 1.37. The molecule has 0 amide bonds. The van der Waals surface area contributed by atoms with E-state index in [-0.39, 0.29) is 0 Å². The van der Waals surface area contributed by atoms with Crippen LogP contribution in [0.5, 0.6) is 0 Å². The summed E-state index contributed by atoms with van der Waals surface area (Å²) in [5.41, 5.74) is 0. The second kappa shape index (κ2) is 1.77. The van der Waals surface area contributed by atoms with E-state index in [0.717, 1.165) is 0 Å². The summed E-state index contributed by atoms with van der Waals surface area (Å²) in [6, 6.07) is 0. The third-order valence-corrected chi connectivity index (χ3v) is 0. The third kappa shape index (κ3) is 23.6. The highest BCUT2D eigenvalue weighted by atomic mass is 79.9. The van der Waals surface area contributed by atoms with Gasteiger partial charge >= 0.3 is 0 Å². The van der Waals surface area contributed by atoms with E-state index in [9.17, 15) is 0 Å². The Bertz CT molecular complexity index is 8.00. The minimum Gasteiger partial charge on any atom is -0.0897 e. The molecule has 0 aromatic heterocycles. The molecule has 0 aliphatic rings. The van der Waals surface area contributed by atoms with Crippen LogP contribution in [-0.4, -0.2) is 4.83 Å². The Morgan fingerprint density at radius 1 is 1.50 bits per heavy atom. The molecular weight excluding hydrogens is 119 g/mol. The molecule has 0 bridgehead atoms. The van der Waals surface area contributed by atoms with Gasteiger partial charge in [0.15, 0.2) is 0 Å². The molecule has 0 atom stereocenters. The normalized spacial score (nSPS) is 9.00. The highest BCUT2D eigenvalue weighted by molar-refractivity contribution is 9.09. The smallest absolute Gasteiger partial charge is 0.00888 e. The van der Waals surface area contributed by atoms with Crippen molar-refractivity contribution in [3.05, 3.63) is 0 Å². The van der Waals surface area contributed by atoms with Crippen molar-refractivity contribution in [2.75, 3.05) is 0 Å². The molecule has 0 aromatic rings. The van der Waals surface area contributed by atoms with Crippen molar-refractivity contribution in [2.24, 2.45) is 0 Å². The highest BCUT2D eigenvalue weighted by Crippen LogP contribution is 1.89. The maximum atomic E-state index is 3.27. The first-order valence-corrected chi connectivity index (χ1v) is 2.29. The molecule has 1 heteroatoms. The van der Waals surface area contributed by atoms with Crippen molar-refractivity contribution >= 4 is 15.9 Å². The van der Waals surface area contributed by atoms with E-state index in [2.05, 4.69) is 29.8 Å². The van der Waals surface area contributed by atoms with Crippen LogP contribution in [-0.2, 0) is 0 Å². The van der Waals surface area contributed by atoms with Crippen LogP contribution in [0.25, 0.3) is 0 Å². The van der Waals surface area contributed by atoms with Crippen molar-refractivity contribution in [1.82, 2.24) is 0 Å². The number of rotatable bonds is 0. The van der Waals surface area contributed by atoms with Gasteiger partial charge in [0.25, 0.3) is 0 Å². The van der Waals surface area contributed by atoms with Crippen molar-refractivity contribution < 1.29 is 0 Å². The third-order valence-electron chi connectivity index (χ3n) is 0. The zero-order chi connectivity index (χ0) is 3.58. The molecule has 0 spiro atoms. The number of hydrogen-bond donors (Lipinski definition) is 0. The van der Waals surface area contributed by atoms with Gasteiger partial charge in [0, 0.05) is 4.83 Å². The lowest BCUT2D eigenvalue weighted by Gasteiger charge is -1.76. The monoisotopic (exact) mass is 125 g/mol. The number of halogens is 1. The van der Waals surface area contributed by atoms with Gasteiger partial charge < -0.3 is 0 Å². The Morgan fingerprint density at radius 3 is 1.50 bits per heavy atom. The maximum Gasteiger partial charge on any atom is 0.00888 e. The van der Waals surface area contributed by atoms with Gasteiger partial charge in [-0.1, -0.05) is 29.8 Å². The molecular formula is C3H7Br. The van der Waals surface area contributed by atoms with Gasteiger partial charge in [0.05, 0.1) is 0 Å². The van der Waals surface area contributed by atoms with E-state index in [1.54, 1.807) is 0 Å². The Labute approximate surface area is 35.3 Å². The van der Waals surface area contributed by atoms with Crippen LogP contribution in [0.15, 0.2) is 0 Å². The average Bonchev–Trinajstić information content (AvgIpc) is 0.811. The van der Waals surface area contributed by atoms with E-state index in [1.165, 1.54) is 0 Å².